The van der Waals surface area contributed by atoms with Crippen molar-refractivity contribution in [2.24, 2.45) is 0 Å². The summed E-state index contributed by atoms with van der Waals surface area (Å²) in [6.07, 6.45) is -0.792. The summed E-state index contributed by atoms with van der Waals surface area (Å²) in [5.41, 5.74) is 1.18. The van der Waals surface area contributed by atoms with Crippen LogP contribution in [0.3, 0.4) is 0 Å². The van der Waals surface area contributed by atoms with Crippen LogP contribution in [0, 0.1) is 5.82 Å². The van der Waals surface area contributed by atoms with E-state index in [9.17, 15) is 14.3 Å². The normalized spacial score (nSPS) is 13.2. The molecule has 0 saturated carbocycles. The summed E-state index contributed by atoms with van der Waals surface area (Å²) >= 11 is 0. The molecule has 0 fully saturated rings. The molecule has 4 nitrogen and oxygen atoms in total. The predicted molar refractivity (Wildman–Crippen MR) is 90.4 cm³/mol. The van der Waals surface area contributed by atoms with Gasteiger partial charge in [-0.2, -0.15) is 0 Å². The van der Waals surface area contributed by atoms with Crippen molar-refractivity contribution in [1.82, 2.24) is 5.32 Å². The van der Waals surface area contributed by atoms with Gasteiger partial charge in [-0.05, 0) is 29.7 Å². The van der Waals surface area contributed by atoms with E-state index in [0.29, 0.717) is 0 Å². The number of nitrogens with one attached hydrogen (secondary N) is 1. The summed E-state index contributed by atoms with van der Waals surface area (Å²) in [6, 6.07) is 13.6. The second kappa shape index (κ2) is 8.45. The minimum absolute atomic E-state index is 0.00528. The lowest BCUT2D eigenvalue weighted by atomic mass is 9.97. The molecule has 2 unspecified atom stereocenters. The molecular weight excluding hydrogens is 309 g/mol. The van der Waals surface area contributed by atoms with Gasteiger partial charge >= 0.3 is 0 Å². The fourth-order valence-corrected chi connectivity index (χ4v) is 2.48. The van der Waals surface area contributed by atoms with Crippen LogP contribution in [0.15, 0.2) is 48.5 Å². The van der Waals surface area contributed by atoms with Crippen LogP contribution < -0.4 is 10.1 Å². The molecule has 1 amide bonds. The maximum atomic E-state index is 13.6. The molecule has 24 heavy (non-hydrogen) atoms. The second-order valence-corrected chi connectivity index (χ2v) is 5.72. The Kier molecular flexibility index (Phi) is 6.32. The van der Waals surface area contributed by atoms with Crippen molar-refractivity contribution >= 4 is 5.91 Å². The van der Waals surface area contributed by atoms with E-state index < -0.39 is 11.9 Å². The molecule has 2 aromatic rings. The van der Waals surface area contributed by atoms with Crippen LogP contribution in [0.4, 0.5) is 4.39 Å². The third-order valence-corrected chi connectivity index (χ3v) is 3.91. The van der Waals surface area contributed by atoms with Crippen LogP contribution in [0.25, 0.3) is 0 Å². The van der Waals surface area contributed by atoms with Gasteiger partial charge in [0.2, 0.25) is 5.91 Å². The zero-order valence-electron chi connectivity index (χ0n) is 13.8. The molecule has 0 bridgehead atoms. The molecule has 0 spiro atoms. The minimum atomic E-state index is -1.07. The number of methoxy groups -OCH3 is 1. The Morgan fingerprint density at radius 1 is 1.25 bits per heavy atom. The van der Waals surface area contributed by atoms with Gasteiger partial charge in [0.25, 0.3) is 0 Å². The Bertz CT molecular complexity index is 690. The maximum Gasteiger partial charge on any atom is 0.220 e. The maximum absolute atomic E-state index is 13.6. The highest BCUT2D eigenvalue weighted by atomic mass is 19.1. The molecule has 128 valence electrons. The van der Waals surface area contributed by atoms with Crippen LogP contribution in [0.2, 0.25) is 0 Å². The molecule has 2 rings (SSSR count). The molecular formula is C19H22FNO3. The van der Waals surface area contributed by atoms with Crippen molar-refractivity contribution in [3.63, 3.8) is 0 Å². The van der Waals surface area contributed by atoms with Crippen LogP contribution in [0.1, 0.15) is 36.5 Å². The number of halogens is 1. The average molecular weight is 331 g/mol. The van der Waals surface area contributed by atoms with E-state index in [1.54, 1.807) is 19.2 Å². The molecule has 2 N–H and O–H groups in total. The number of aliphatic hydroxyl groups is 1. The number of carbonyl (C=O) groups excluding carboxylic acids is 1. The van der Waals surface area contributed by atoms with Crippen LogP contribution in [-0.2, 0) is 4.79 Å². The van der Waals surface area contributed by atoms with E-state index in [1.807, 2.05) is 31.2 Å². The van der Waals surface area contributed by atoms with Crippen molar-refractivity contribution < 1.29 is 19.0 Å². The lowest BCUT2D eigenvalue weighted by Gasteiger charge is -2.15. The van der Waals surface area contributed by atoms with Gasteiger partial charge < -0.3 is 15.2 Å². The highest BCUT2D eigenvalue weighted by molar-refractivity contribution is 5.76. The first kappa shape index (κ1) is 17.9. The van der Waals surface area contributed by atoms with Crippen molar-refractivity contribution in [2.75, 3.05) is 13.7 Å². The largest absolute Gasteiger partial charge is 0.497 e. The summed E-state index contributed by atoms with van der Waals surface area (Å²) in [6.45, 7) is 1.92. The number of benzene rings is 2. The summed E-state index contributed by atoms with van der Waals surface area (Å²) < 4.78 is 18.8. The predicted octanol–water partition coefficient (Wildman–Crippen LogP) is 3.18. The molecule has 0 saturated heterocycles. The molecule has 2 aromatic carbocycles. The fraction of sp³-hybridized carbons (Fsp3) is 0.316. The third-order valence-electron chi connectivity index (χ3n) is 3.91. The third kappa shape index (κ3) is 4.80. The summed E-state index contributed by atoms with van der Waals surface area (Å²) in [5, 5.41) is 12.6. The van der Waals surface area contributed by atoms with E-state index in [4.69, 9.17) is 4.74 Å². The van der Waals surface area contributed by atoms with Gasteiger partial charge in [-0.3, -0.25) is 4.79 Å². The van der Waals surface area contributed by atoms with Crippen LogP contribution in [0.5, 0.6) is 5.75 Å². The monoisotopic (exact) mass is 331 g/mol. The zero-order chi connectivity index (χ0) is 17.5. The number of rotatable bonds is 7. The molecule has 5 heteroatoms. The van der Waals surface area contributed by atoms with Gasteiger partial charge in [0.15, 0.2) is 0 Å². The van der Waals surface area contributed by atoms with E-state index >= 15 is 0 Å². The molecule has 2 atom stereocenters. The zero-order valence-corrected chi connectivity index (χ0v) is 13.8. The summed E-state index contributed by atoms with van der Waals surface area (Å²) in [4.78, 5) is 12.1. The Balaban J connectivity index is 1.87. The van der Waals surface area contributed by atoms with Gasteiger partial charge in [0.05, 0.1) is 13.2 Å². The molecule has 0 aliphatic carbocycles. The highest BCUT2D eigenvalue weighted by Gasteiger charge is 2.15. The lowest BCUT2D eigenvalue weighted by molar-refractivity contribution is -0.121. The molecule has 0 heterocycles. The summed E-state index contributed by atoms with van der Waals surface area (Å²) in [7, 11) is 1.60. The van der Waals surface area contributed by atoms with Gasteiger partial charge in [-0.15, -0.1) is 0 Å². The van der Waals surface area contributed by atoms with Gasteiger partial charge in [-0.1, -0.05) is 37.3 Å². The Morgan fingerprint density at radius 2 is 2.00 bits per heavy atom. The SMILES string of the molecule is COc1cccc(C(C)CC(=O)NCC(O)c2ccccc2F)c1. The first-order chi connectivity index (χ1) is 11.5. The first-order valence-electron chi connectivity index (χ1n) is 7.84. The molecule has 0 radical (unpaired) electrons. The lowest BCUT2D eigenvalue weighted by Crippen LogP contribution is -2.29. The smallest absolute Gasteiger partial charge is 0.220 e. The Hall–Kier alpha value is -2.40. The quantitative estimate of drug-likeness (QED) is 0.819. The number of hydrogen-bond donors (Lipinski definition) is 2. The van der Waals surface area contributed by atoms with Crippen molar-refractivity contribution in [1.29, 1.82) is 0 Å². The molecule has 0 aliphatic rings. The number of ether oxygens (including phenoxy) is 1. The fourth-order valence-electron chi connectivity index (χ4n) is 2.48. The number of aliphatic hydroxyl groups excluding tert-OH is 1. The molecule has 0 aliphatic heterocycles. The first-order valence-corrected chi connectivity index (χ1v) is 7.84. The van der Waals surface area contributed by atoms with E-state index in [2.05, 4.69) is 5.32 Å². The number of carbonyl (C=O) groups is 1. The topological polar surface area (TPSA) is 58.6 Å². The number of hydrogen-bond acceptors (Lipinski definition) is 3. The Morgan fingerprint density at radius 3 is 2.71 bits per heavy atom. The van der Waals surface area contributed by atoms with Crippen molar-refractivity contribution in [3.05, 3.63) is 65.5 Å². The van der Waals surface area contributed by atoms with Gasteiger partial charge in [0.1, 0.15) is 11.6 Å². The van der Waals surface area contributed by atoms with E-state index in [0.717, 1.165) is 11.3 Å². The number of amides is 1. The van der Waals surface area contributed by atoms with Crippen molar-refractivity contribution in [2.45, 2.75) is 25.4 Å². The molecule has 0 aromatic heterocycles. The standard InChI is InChI=1S/C19H22FNO3/c1-13(14-6-5-7-15(11-14)24-2)10-19(23)21-12-18(22)16-8-3-4-9-17(16)20/h3-9,11,13,18,22H,10,12H2,1-2H3,(H,21,23). The minimum Gasteiger partial charge on any atom is -0.497 e. The van der Waals surface area contributed by atoms with Gasteiger partial charge in [-0.25, -0.2) is 4.39 Å². The Labute approximate surface area is 141 Å². The van der Waals surface area contributed by atoms with Crippen LogP contribution >= 0.6 is 0 Å². The van der Waals surface area contributed by atoms with E-state index in [-0.39, 0.29) is 30.4 Å². The van der Waals surface area contributed by atoms with Crippen molar-refractivity contribution in [3.8, 4) is 5.75 Å². The average Bonchev–Trinajstić information content (AvgIpc) is 2.60. The second-order valence-electron chi connectivity index (χ2n) is 5.72. The van der Waals surface area contributed by atoms with E-state index in [1.165, 1.54) is 12.1 Å². The summed E-state index contributed by atoms with van der Waals surface area (Å²) in [5.74, 6) is 0.0742. The highest BCUT2D eigenvalue weighted by Crippen LogP contribution is 2.23. The van der Waals surface area contributed by atoms with Crippen LogP contribution in [-0.4, -0.2) is 24.7 Å². The van der Waals surface area contributed by atoms with Gasteiger partial charge in [0, 0.05) is 18.5 Å².